The molecular weight excluding hydrogens is 825 g/mol. The minimum Gasteiger partial charge on any atom is -0.480 e. The van der Waals surface area contributed by atoms with Crippen LogP contribution in [0.15, 0.2) is 42.5 Å². The lowest BCUT2D eigenvalue weighted by Crippen LogP contribution is -2.56. The number of ether oxygens (including phenoxy) is 2. The first kappa shape index (κ1) is 53.2. The number of imide groups is 1. The molecule has 1 aromatic rings. The van der Waals surface area contributed by atoms with Crippen LogP contribution < -0.4 is 10.6 Å². The molecule has 17 heteroatoms. The number of carbonyl (C=O) groups excluding carboxylic acids is 7. The standard InChI is InChI=1S/C47H72N6O11/c1-11-30(4)43(51(8)41(58)28-48-46(60)42(29(2)3)50(7)37(54)20-16-13-17-25-52-38(55)23-24-39(52)56)36(63-9)27-40(57)53-31(5)21-22-35(53)44(64-10)32(6)45(59)49-34(47(61)62)26-33-18-14-12-15-19-33/h12,14-15,18-19,23-24,29-32,34-36,42-44H,11,13,16-17,20-22,25-28H2,1-10H3,(H,48,60)(H,49,59)(H,61,62)/t30-,31-,32+,34-,35-,36+,42-,43-,44+/m0/s1. The summed E-state index contributed by atoms with van der Waals surface area (Å²) >= 11 is 0. The summed E-state index contributed by atoms with van der Waals surface area (Å²) in [6.07, 6.45) is 4.71. The van der Waals surface area contributed by atoms with Gasteiger partial charge in [0.05, 0.1) is 43.2 Å². The van der Waals surface area contributed by atoms with Gasteiger partial charge in [-0.1, -0.05) is 77.8 Å². The zero-order valence-corrected chi connectivity index (χ0v) is 39.4. The smallest absolute Gasteiger partial charge is 0.326 e. The van der Waals surface area contributed by atoms with E-state index < -0.39 is 66.0 Å². The molecule has 1 saturated heterocycles. The van der Waals surface area contributed by atoms with Crippen LogP contribution in [0.2, 0.25) is 0 Å². The van der Waals surface area contributed by atoms with Gasteiger partial charge in [-0.2, -0.15) is 0 Å². The third-order valence-corrected chi connectivity index (χ3v) is 12.9. The molecule has 1 aromatic carbocycles. The predicted octanol–water partition coefficient (Wildman–Crippen LogP) is 3.19. The van der Waals surface area contributed by atoms with Crippen LogP contribution in [-0.4, -0.2) is 156 Å². The molecule has 0 saturated carbocycles. The average molecular weight is 897 g/mol. The maximum absolute atomic E-state index is 14.4. The number of carboxylic acid groups (broad SMARTS) is 1. The Morgan fingerprint density at radius 1 is 0.859 bits per heavy atom. The SMILES string of the molecule is CC[C@H](C)[C@@H]([C@@H](CC(=O)N1[C@@H](C)CC[C@H]1[C@H](OC)[C@@H](C)C(=O)N[C@@H](Cc1ccccc1)C(=O)O)OC)N(C)C(=O)CNC(=O)[C@H](C(C)C)N(C)C(=O)CCCCCN1C(=O)C=CC1=O. The molecular formula is C47H72N6O11. The second-order valence-corrected chi connectivity index (χ2v) is 17.6. The predicted molar refractivity (Wildman–Crippen MR) is 239 cm³/mol. The summed E-state index contributed by atoms with van der Waals surface area (Å²) in [5, 5.41) is 15.3. The molecule has 3 N–H and O–H groups in total. The number of benzene rings is 1. The van der Waals surface area contributed by atoms with Crippen molar-refractivity contribution in [1.82, 2.24) is 30.2 Å². The van der Waals surface area contributed by atoms with Crippen LogP contribution >= 0.6 is 0 Å². The minimum atomic E-state index is -1.16. The molecule has 1 fully saturated rings. The molecule has 0 radical (unpaired) electrons. The summed E-state index contributed by atoms with van der Waals surface area (Å²) in [6, 6.07) is 5.76. The van der Waals surface area contributed by atoms with Crippen LogP contribution in [0, 0.1) is 17.8 Å². The normalized spacial score (nSPS) is 19.4. The molecule has 2 aliphatic heterocycles. The van der Waals surface area contributed by atoms with Crippen LogP contribution in [0.3, 0.4) is 0 Å². The number of nitrogens with zero attached hydrogens (tertiary/aromatic N) is 4. The van der Waals surface area contributed by atoms with E-state index in [9.17, 15) is 43.5 Å². The number of amides is 7. The van der Waals surface area contributed by atoms with Crippen molar-refractivity contribution >= 4 is 47.3 Å². The number of hydrogen-bond donors (Lipinski definition) is 3. The molecule has 64 heavy (non-hydrogen) atoms. The Morgan fingerprint density at radius 3 is 2.06 bits per heavy atom. The summed E-state index contributed by atoms with van der Waals surface area (Å²) in [5.74, 6) is -4.93. The van der Waals surface area contributed by atoms with E-state index in [1.165, 1.54) is 36.2 Å². The summed E-state index contributed by atoms with van der Waals surface area (Å²) in [4.78, 5) is 110. The molecule has 3 rings (SSSR count). The highest BCUT2D eigenvalue weighted by Crippen LogP contribution is 2.33. The van der Waals surface area contributed by atoms with E-state index in [1.807, 2.05) is 40.7 Å². The van der Waals surface area contributed by atoms with Gasteiger partial charge in [0.2, 0.25) is 29.5 Å². The minimum absolute atomic E-state index is 0.0838. The molecule has 0 spiro atoms. The molecule has 17 nitrogen and oxygen atoms in total. The van der Waals surface area contributed by atoms with E-state index in [4.69, 9.17) is 9.47 Å². The first-order valence-electron chi connectivity index (χ1n) is 22.6. The van der Waals surface area contributed by atoms with E-state index in [0.717, 1.165) is 10.5 Å². The number of carbonyl (C=O) groups is 8. The molecule has 7 amide bonds. The number of methoxy groups -OCH3 is 2. The van der Waals surface area contributed by atoms with Gasteiger partial charge in [-0.05, 0) is 50.0 Å². The Kier molecular flexibility index (Phi) is 21.1. The van der Waals surface area contributed by atoms with Gasteiger partial charge in [-0.15, -0.1) is 0 Å². The highest BCUT2D eigenvalue weighted by Gasteiger charge is 2.45. The third-order valence-electron chi connectivity index (χ3n) is 12.9. The maximum Gasteiger partial charge on any atom is 0.326 e. The fraction of sp³-hybridized carbons (Fsp3) is 0.660. The summed E-state index contributed by atoms with van der Waals surface area (Å²) < 4.78 is 11.9. The largest absolute Gasteiger partial charge is 0.480 e. The average Bonchev–Trinajstić information content (AvgIpc) is 3.81. The Hall–Kier alpha value is -5.16. The number of hydrogen-bond acceptors (Lipinski definition) is 10. The van der Waals surface area contributed by atoms with E-state index in [1.54, 1.807) is 50.2 Å². The second-order valence-electron chi connectivity index (χ2n) is 17.6. The monoisotopic (exact) mass is 897 g/mol. The summed E-state index contributed by atoms with van der Waals surface area (Å²) in [7, 11) is 6.14. The van der Waals surface area contributed by atoms with Crippen molar-refractivity contribution in [1.29, 1.82) is 0 Å². The van der Waals surface area contributed by atoms with Gasteiger partial charge < -0.3 is 39.9 Å². The van der Waals surface area contributed by atoms with Gasteiger partial charge >= 0.3 is 5.97 Å². The molecule has 0 aromatic heterocycles. The number of nitrogens with one attached hydrogen (secondary N) is 2. The maximum atomic E-state index is 14.4. The molecule has 9 atom stereocenters. The summed E-state index contributed by atoms with van der Waals surface area (Å²) in [5.41, 5.74) is 0.762. The fourth-order valence-corrected chi connectivity index (χ4v) is 9.02. The molecule has 2 heterocycles. The van der Waals surface area contributed by atoms with Crippen LogP contribution in [0.4, 0.5) is 0 Å². The number of aliphatic carboxylic acids is 1. The fourth-order valence-electron chi connectivity index (χ4n) is 9.02. The number of likely N-dealkylation sites (N-methyl/N-ethyl adjacent to an activating group) is 2. The zero-order chi connectivity index (χ0) is 47.8. The van der Waals surface area contributed by atoms with Crippen LogP contribution in [0.25, 0.3) is 0 Å². The van der Waals surface area contributed by atoms with Crippen LogP contribution in [0.1, 0.15) is 98.5 Å². The quantitative estimate of drug-likeness (QED) is 0.0908. The van der Waals surface area contributed by atoms with Crippen LogP contribution in [-0.2, 0) is 54.3 Å². The van der Waals surface area contributed by atoms with Crippen molar-refractivity contribution in [2.45, 2.75) is 142 Å². The van der Waals surface area contributed by atoms with Gasteiger partial charge in [0, 0.05) is 65.9 Å². The van der Waals surface area contributed by atoms with Gasteiger partial charge in [0.25, 0.3) is 11.8 Å². The number of unbranched alkanes of at least 4 members (excludes halogenated alkanes) is 2. The van der Waals surface area contributed by atoms with Gasteiger partial charge in [0.15, 0.2) is 0 Å². The first-order chi connectivity index (χ1) is 30.3. The van der Waals surface area contributed by atoms with Crippen LogP contribution in [0.5, 0.6) is 0 Å². The molecule has 0 aliphatic carbocycles. The lowest BCUT2D eigenvalue weighted by Gasteiger charge is -2.40. The lowest BCUT2D eigenvalue weighted by molar-refractivity contribution is -0.148. The molecule has 0 bridgehead atoms. The Bertz CT molecular complexity index is 1790. The third kappa shape index (κ3) is 14.2. The number of likely N-dealkylation sites (tertiary alicyclic amines) is 1. The highest BCUT2D eigenvalue weighted by atomic mass is 16.5. The number of rotatable bonds is 26. The van der Waals surface area contributed by atoms with Gasteiger partial charge in [0.1, 0.15) is 12.1 Å². The Balaban J connectivity index is 1.65. The Morgan fingerprint density at radius 2 is 1.50 bits per heavy atom. The van der Waals surface area contributed by atoms with E-state index in [0.29, 0.717) is 38.5 Å². The van der Waals surface area contributed by atoms with Gasteiger partial charge in [-0.3, -0.25) is 38.5 Å². The van der Waals surface area contributed by atoms with Crippen molar-refractivity contribution in [3.05, 3.63) is 48.0 Å². The Labute approximate surface area is 378 Å². The van der Waals surface area contributed by atoms with Crippen molar-refractivity contribution < 1.29 is 52.9 Å². The van der Waals surface area contributed by atoms with Gasteiger partial charge in [-0.25, -0.2) is 4.79 Å². The van der Waals surface area contributed by atoms with E-state index in [-0.39, 0.29) is 73.9 Å². The molecule has 0 unspecified atom stereocenters. The summed E-state index contributed by atoms with van der Waals surface area (Å²) in [6.45, 7) is 11.1. The lowest BCUT2D eigenvalue weighted by atomic mass is 9.90. The molecule has 2 aliphatic rings. The number of carboxylic acids is 1. The highest BCUT2D eigenvalue weighted by molar-refractivity contribution is 6.12. The van der Waals surface area contributed by atoms with Crippen molar-refractivity contribution in [3.63, 3.8) is 0 Å². The van der Waals surface area contributed by atoms with E-state index in [2.05, 4.69) is 10.6 Å². The zero-order valence-electron chi connectivity index (χ0n) is 39.4. The first-order valence-corrected chi connectivity index (χ1v) is 22.6. The topological polar surface area (TPSA) is 212 Å². The van der Waals surface area contributed by atoms with E-state index >= 15 is 0 Å². The van der Waals surface area contributed by atoms with Crippen molar-refractivity contribution in [2.75, 3.05) is 41.4 Å². The van der Waals surface area contributed by atoms with Crippen molar-refractivity contribution in [3.8, 4) is 0 Å². The molecule has 356 valence electrons. The second kappa shape index (κ2) is 25.4. The van der Waals surface area contributed by atoms with Crippen molar-refractivity contribution in [2.24, 2.45) is 17.8 Å².